The van der Waals surface area contributed by atoms with Crippen molar-refractivity contribution in [1.29, 1.82) is 0 Å². The molecule has 1 N–H and O–H groups in total. The number of hydrogen-bond acceptors (Lipinski definition) is 2. The third-order valence-electron chi connectivity index (χ3n) is 5.06. The van der Waals surface area contributed by atoms with Gasteiger partial charge in [0.2, 0.25) is 0 Å². The number of benzene rings is 1. The molecular weight excluding hydrogens is 256 g/mol. The molecule has 0 saturated heterocycles. The first-order valence-corrected chi connectivity index (χ1v) is 8.36. The lowest BCUT2D eigenvalue weighted by Crippen LogP contribution is -2.25. The van der Waals surface area contributed by atoms with Crippen molar-refractivity contribution in [3.8, 4) is 0 Å². The molecule has 1 heterocycles. The molecule has 0 atom stereocenters. The summed E-state index contributed by atoms with van der Waals surface area (Å²) in [7, 11) is 0. The summed E-state index contributed by atoms with van der Waals surface area (Å²) in [6.07, 6.45) is 5.90. The van der Waals surface area contributed by atoms with Crippen LogP contribution in [0.3, 0.4) is 0 Å². The van der Waals surface area contributed by atoms with Crippen LogP contribution in [0.5, 0.6) is 0 Å². The molecule has 2 heteroatoms. The number of aryl methyl sites for hydroxylation is 1. The van der Waals surface area contributed by atoms with E-state index in [4.69, 9.17) is 0 Å². The second kappa shape index (κ2) is 5.42. The monoisotopic (exact) mass is 280 g/mol. The summed E-state index contributed by atoms with van der Waals surface area (Å²) in [5.74, 6) is 3.03. The highest BCUT2D eigenvalue weighted by molar-refractivity contribution is 5.79. The van der Waals surface area contributed by atoms with Crippen molar-refractivity contribution in [1.82, 2.24) is 10.3 Å². The second-order valence-electron chi connectivity index (χ2n) is 6.95. The van der Waals surface area contributed by atoms with E-state index >= 15 is 0 Å². The fourth-order valence-electron chi connectivity index (χ4n) is 3.54. The van der Waals surface area contributed by atoms with E-state index in [-0.39, 0.29) is 0 Å². The van der Waals surface area contributed by atoms with Crippen molar-refractivity contribution in [3.05, 3.63) is 41.6 Å². The van der Waals surface area contributed by atoms with Gasteiger partial charge in [-0.25, -0.2) is 0 Å². The Morgan fingerprint density at radius 1 is 1.10 bits per heavy atom. The molecule has 1 aromatic heterocycles. The lowest BCUT2D eigenvalue weighted by Gasteiger charge is -2.16. The minimum absolute atomic E-state index is 0.953. The zero-order valence-electron chi connectivity index (χ0n) is 12.8. The average Bonchev–Trinajstić information content (AvgIpc) is 3.37. The van der Waals surface area contributed by atoms with Gasteiger partial charge in [-0.05, 0) is 80.7 Å². The molecule has 0 spiro atoms. The lowest BCUT2D eigenvalue weighted by atomic mass is 9.98. The third kappa shape index (κ3) is 3.11. The number of nitrogens with zero attached hydrogens (tertiary/aromatic N) is 1. The van der Waals surface area contributed by atoms with E-state index in [9.17, 15) is 0 Å². The van der Waals surface area contributed by atoms with Crippen molar-refractivity contribution in [2.45, 2.75) is 39.2 Å². The third-order valence-corrected chi connectivity index (χ3v) is 5.06. The highest BCUT2D eigenvalue weighted by Gasteiger charge is 2.40. The van der Waals surface area contributed by atoms with Gasteiger partial charge in [0.05, 0.1) is 5.52 Å². The summed E-state index contributed by atoms with van der Waals surface area (Å²) in [5, 5.41) is 4.95. The van der Waals surface area contributed by atoms with E-state index in [1.807, 2.05) is 6.92 Å². The van der Waals surface area contributed by atoms with Crippen LogP contribution in [0.2, 0.25) is 0 Å². The van der Waals surface area contributed by atoms with Crippen LogP contribution in [0.1, 0.15) is 36.9 Å². The van der Waals surface area contributed by atoms with Gasteiger partial charge in [0.15, 0.2) is 0 Å². The Morgan fingerprint density at radius 3 is 2.57 bits per heavy atom. The van der Waals surface area contributed by atoms with E-state index < -0.39 is 0 Å². The molecule has 2 aliphatic carbocycles. The topological polar surface area (TPSA) is 24.9 Å². The second-order valence-corrected chi connectivity index (χ2v) is 6.95. The maximum absolute atomic E-state index is 4.57. The van der Waals surface area contributed by atoms with E-state index in [2.05, 4.69) is 40.6 Å². The Labute approximate surface area is 127 Å². The number of hydrogen-bond donors (Lipinski definition) is 1. The van der Waals surface area contributed by atoms with Crippen LogP contribution in [0.4, 0.5) is 0 Å². The van der Waals surface area contributed by atoms with Gasteiger partial charge in [-0.2, -0.15) is 0 Å². The maximum atomic E-state index is 4.57. The minimum atomic E-state index is 0.953. The van der Waals surface area contributed by atoms with Crippen molar-refractivity contribution in [2.24, 2.45) is 17.8 Å². The molecule has 21 heavy (non-hydrogen) atoms. The SMILES string of the molecule is Cc1ccc2cc(CNCC(C3CC3)C3CC3)ccc2n1. The summed E-state index contributed by atoms with van der Waals surface area (Å²) in [6, 6.07) is 10.9. The number of pyridine rings is 1. The van der Waals surface area contributed by atoms with Gasteiger partial charge in [-0.1, -0.05) is 12.1 Å². The van der Waals surface area contributed by atoms with Crippen LogP contribution < -0.4 is 5.32 Å². The highest BCUT2D eigenvalue weighted by atomic mass is 14.9. The normalized spacial score (nSPS) is 18.6. The van der Waals surface area contributed by atoms with Gasteiger partial charge in [-0.15, -0.1) is 0 Å². The van der Waals surface area contributed by atoms with Gasteiger partial charge in [-0.3, -0.25) is 4.98 Å². The fraction of sp³-hybridized carbons (Fsp3) is 0.526. The van der Waals surface area contributed by atoms with Crippen LogP contribution >= 0.6 is 0 Å². The molecule has 2 fully saturated rings. The van der Waals surface area contributed by atoms with Gasteiger partial charge in [0.25, 0.3) is 0 Å². The summed E-state index contributed by atoms with van der Waals surface area (Å²) in [5.41, 5.74) is 3.57. The molecule has 0 unspecified atom stereocenters. The Morgan fingerprint density at radius 2 is 1.86 bits per heavy atom. The first-order valence-electron chi connectivity index (χ1n) is 8.36. The summed E-state index contributed by atoms with van der Waals surface area (Å²) >= 11 is 0. The largest absolute Gasteiger partial charge is 0.312 e. The maximum Gasteiger partial charge on any atom is 0.0705 e. The molecule has 110 valence electrons. The predicted molar refractivity (Wildman–Crippen MR) is 87.1 cm³/mol. The van der Waals surface area contributed by atoms with Crippen molar-refractivity contribution < 1.29 is 0 Å². The predicted octanol–water partition coefficient (Wildman–Crippen LogP) is 4.07. The quantitative estimate of drug-likeness (QED) is 0.863. The molecule has 4 rings (SSSR count). The summed E-state index contributed by atoms with van der Waals surface area (Å²) in [4.78, 5) is 4.57. The van der Waals surface area contributed by atoms with E-state index in [1.54, 1.807) is 0 Å². The van der Waals surface area contributed by atoms with Gasteiger partial charge in [0.1, 0.15) is 0 Å². The van der Waals surface area contributed by atoms with E-state index in [0.29, 0.717) is 0 Å². The van der Waals surface area contributed by atoms with Gasteiger partial charge >= 0.3 is 0 Å². The molecule has 2 saturated carbocycles. The van der Waals surface area contributed by atoms with E-state index in [1.165, 1.54) is 43.2 Å². The van der Waals surface area contributed by atoms with E-state index in [0.717, 1.165) is 35.5 Å². The van der Waals surface area contributed by atoms with Crippen molar-refractivity contribution in [3.63, 3.8) is 0 Å². The molecule has 0 aliphatic heterocycles. The smallest absolute Gasteiger partial charge is 0.0705 e. The highest BCUT2D eigenvalue weighted by Crippen LogP contribution is 2.48. The molecule has 0 radical (unpaired) electrons. The Kier molecular flexibility index (Phi) is 3.42. The molecule has 1 aromatic carbocycles. The summed E-state index contributed by atoms with van der Waals surface area (Å²) < 4.78 is 0. The molecule has 2 aromatic rings. The number of rotatable bonds is 6. The number of nitrogens with one attached hydrogen (secondary N) is 1. The first kappa shape index (κ1) is 13.3. The molecule has 2 aliphatic rings. The Bertz CT molecular complexity index is 629. The minimum Gasteiger partial charge on any atom is -0.312 e. The zero-order chi connectivity index (χ0) is 14.2. The Hall–Kier alpha value is -1.41. The fourth-order valence-corrected chi connectivity index (χ4v) is 3.54. The number of aromatic nitrogens is 1. The van der Waals surface area contributed by atoms with Gasteiger partial charge < -0.3 is 5.32 Å². The molecular formula is C19H24N2. The number of fused-ring (bicyclic) bond motifs is 1. The van der Waals surface area contributed by atoms with Crippen LogP contribution in [0.15, 0.2) is 30.3 Å². The average molecular weight is 280 g/mol. The van der Waals surface area contributed by atoms with Crippen LogP contribution in [0, 0.1) is 24.7 Å². The first-order chi connectivity index (χ1) is 10.3. The zero-order valence-corrected chi connectivity index (χ0v) is 12.8. The van der Waals surface area contributed by atoms with Crippen molar-refractivity contribution in [2.75, 3.05) is 6.54 Å². The van der Waals surface area contributed by atoms with Crippen LogP contribution in [-0.4, -0.2) is 11.5 Å². The lowest BCUT2D eigenvalue weighted by molar-refractivity contribution is 0.378. The van der Waals surface area contributed by atoms with Crippen LogP contribution in [0.25, 0.3) is 10.9 Å². The molecule has 0 amide bonds. The van der Waals surface area contributed by atoms with Gasteiger partial charge in [0, 0.05) is 17.6 Å². The summed E-state index contributed by atoms with van der Waals surface area (Å²) in [6.45, 7) is 4.24. The van der Waals surface area contributed by atoms with Crippen molar-refractivity contribution >= 4 is 10.9 Å². The Balaban J connectivity index is 1.39. The standard InChI is InChI=1S/C19H24N2/c1-13-2-4-17-10-14(3-9-19(17)21-13)11-20-12-18(15-5-6-15)16-7-8-16/h2-4,9-10,15-16,18,20H,5-8,11-12H2,1H3. The van der Waals surface area contributed by atoms with Crippen LogP contribution in [-0.2, 0) is 6.54 Å². The molecule has 0 bridgehead atoms. The molecule has 2 nitrogen and oxygen atoms in total.